The van der Waals surface area contributed by atoms with Crippen LogP contribution >= 0.6 is 24.8 Å². The Bertz CT molecular complexity index is 930. The molecule has 4 heterocycles. The minimum atomic E-state index is -0.633. The Morgan fingerprint density at radius 1 is 1.15 bits per heavy atom. The van der Waals surface area contributed by atoms with Gasteiger partial charge in [0, 0.05) is 18.1 Å². The molecule has 0 spiro atoms. The maximum Gasteiger partial charge on any atom is 0.327 e. The van der Waals surface area contributed by atoms with Crippen LogP contribution in [-0.4, -0.2) is 39.0 Å². The first kappa shape index (κ1) is 20.4. The van der Waals surface area contributed by atoms with Gasteiger partial charge in [-0.3, -0.25) is 19.6 Å². The number of aryl methyl sites for hydroxylation is 1. The molecule has 2 aliphatic rings. The molecule has 0 aliphatic carbocycles. The highest BCUT2D eigenvalue weighted by Gasteiger charge is 2.34. The van der Waals surface area contributed by atoms with Gasteiger partial charge < -0.3 is 10.6 Å². The number of nitrogens with zero attached hydrogens (tertiary/aromatic N) is 1. The molecule has 26 heavy (non-hydrogen) atoms. The molecule has 0 saturated carbocycles. The number of H-pyrrole nitrogens is 2. The first-order valence-electron chi connectivity index (χ1n) is 8.20. The largest absolute Gasteiger partial charge is 0.348 e. The van der Waals surface area contributed by atoms with Crippen LogP contribution in [0.15, 0.2) is 15.7 Å². The van der Waals surface area contributed by atoms with Crippen molar-refractivity contribution in [2.45, 2.75) is 50.7 Å². The van der Waals surface area contributed by atoms with E-state index in [0.717, 1.165) is 25.7 Å². The van der Waals surface area contributed by atoms with Gasteiger partial charge in [0.1, 0.15) is 11.3 Å². The maximum absolute atomic E-state index is 12.5. The van der Waals surface area contributed by atoms with Crippen molar-refractivity contribution in [2.75, 3.05) is 0 Å². The Morgan fingerprint density at radius 3 is 2.46 bits per heavy atom. The summed E-state index contributed by atoms with van der Waals surface area (Å²) in [5.41, 5.74) is -0.174. The molecule has 2 saturated heterocycles. The van der Waals surface area contributed by atoms with E-state index < -0.39 is 11.2 Å². The summed E-state index contributed by atoms with van der Waals surface area (Å²) < 4.78 is 0. The predicted octanol–water partition coefficient (Wildman–Crippen LogP) is 0.776. The molecule has 10 heteroatoms. The summed E-state index contributed by atoms with van der Waals surface area (Å²) in [6.45, 7) is 1.72. The second-order valence-corrected chi connectivity index (χ2v) is 6.74. The summed E-state index contributed by atoms with van der Waals surface area (Å²) in [6, 6.07) is 2.68. The third-order valence-corrected chi connectivity index (χ3v) is 4.94. The van der Waals surface area contributed by atoms with E-state index in [9.17, 15) is 14.4 Å². The lowest BCUT2D eigenvalue weighted by atomic mass is 9.99. The van der Waals surface area contributed by atoms with Gasteiger partial charge in [0.05, 0.1) is 5.39 Å². The molecule has 2 aromatic heterocycles. The van der Waals surface area contributed by atoms with Gasteiger partial charge in [0.2, 0.25) is 0 Å². The van der Waals surface area contributed by atoms with Crippen LogP contribution in [0.5, 0.6) is 0 Å². The molecular weight excluding hydrogens is 381 g/mol. The van der Waals surface area contributed by atoms with Crippen molar-refractivity contribution in [1.29, 1.82) is 0 Å². The van der Waals surface area contributed by atoms with Crippen molar-refractivity contribution in [3.63, 3.8) is 0 Å². The number of carbonyl (C=O) groups is 1. The molecule has 2 bridgehead atoms. The Labute approximate surface area is 161 Å². The zero-order valence-electron chi connectivity index (χ0n) is 14.1. The van der Waals surface area contributed by atoms with E-state index in [1.54, 1.807) is 13.0 Å². The summed E-state index contributed by atoms with van der Waals surface area (Å²) in [6.07, 6.45) is 4.17. The maximum atomic E-state index is 12.5. The number of aromatic nitrogens is 3. The van der Waals surface area contributed by atoms with Gasteiger partial charge in [0.15, 0.2) is 0 Å². The standard InChI is InChI=1S/C16H19N5O3.2ClH/c1-7-4-11(19-13-12(7)15(23)21-16(24)20-13)14(22)18-10-5-8-2-3-9(6-10)17-8;;/h4,8-10,17H,2-3,5-6H2,1H3,(H,18,22)(H2,19,20,21,23,24);2*1H. The van der Waals surface area contributed by atoms with Gasteiger partial charge in [-0.2, -0.15) is 0 Å². The SMILES string of the molecule is Cc1cc(C(=O)NC2CC3CCC(C2)N3)nc2[nH]c(=O)[nH]c(=O)c12.Cl.Cl. The first-order chi connectivity index (χ1) is 11.5. The highest BCUT2D eigenvalue weighted by molar-refractivity contribution is 5.95. The Hall–Kier alpha value is -1.90. The molecule has 4 rings (SSSR count). The Kier molecular flexibility index (Phi) is 6.10. The quantitative estimate of drug-likeness (QED) is 0.592. The van der Waals surface area contributed by atoms with Crippen molar-refractivity contribution in [2.24, 2.45) is 0 Å². The van der Waals surface area contributed by atoms with E-state index in [1.807, 2.05) is 0 Å². The first-order valence-corrected chi connectivity index (χ1v) is 8.20. The monoisotopic (exact) mass is 401 g/mol. The van der Waals surface area contributed by atoms with Crippen molar-refractivity contribution in [1.82, 2.24) is 25.6 Å². The van der Waals surface area contributed by atoms with Gasteiger partial charge in [-0.05, 0) is 44.2 Å². The number of pyridine rings is 1. The fourth-order valence-corrected chi connectivity index (χ4v) is 3.90. The lowest BCUT2D eigenvalue weighted by Crippen LogP contribution is -2.48. The van der Waals surface area contributed by atoms with Crippen LogP contribution in [0.4, 0.5) is 0 Å². The second kappa shape index (κ2) is 7.77. The van der Waals surface area contributed by atoms with Crippen LogP contribution in [0.3, 0.4) is 0 Å². The van der Waals surface area contributed by atoms with Gasteiger partial charge in [-0.25, -0.2) is 9.78 Å². The number of rotatable bonds is 2. The number of fused-ring (bicyclic) bond motifs is 3. The highest BCUT2D eigenvalue weighted by Crippen LogP contribution is 2.26. The average Bonchev–Trinajstić information content (AvgIpc) is 2.84. The second-order valence-electron chi connectivity index (χ2n) is 6.74. The van der Waals surface area contributed by atoms with Crippen LogP contribution in [0, 0.1) is 6.92 Å². The third kappa shape index (κ3) is 3.77. The van der Waals surface area contributed by atoms with Crippen molar-refractivity contribution >= 4 is 41.8 Å². The molecule has 0 aromatic carbocycles. The Balaban J connectivity index is 0.00000121. The van der Waals surface area contributed by atoms with Gasteiger partial charge in [0.25, 0.3) is 11.5 Å². The lowest BCUT2D eigenvalue weighted by molar-refractivity contribution is 0.0919. The topological polar surface area (TPSA) is 120 Å². The highest BCUT2D eigenvalue weighted by atomic mass is 35.5. The molecule has 8 nitrogen and oxygen atoms in total. The van der Waals surface area contributed by atoms with E-state index >= 15 is 0 Å². The summed E-state index contributed by atoms with van der Waals surface area (Å²) >= 11 is 0. The van der Waals surface area contributed by atoms with Crippen LogP contribution in [-0.2, 0) is 0 Å². The number of carbonyl (C=O) groups excluding carboxylic acids is 1. The van der Waals surface area contributed by atoms with E-state index in [-0.39, 0.29) is 48.1 Å². The number of piperidine rings is 1. The van der Waals surface area contributed by atoms with Crippen molar-refractivity contribution < 1.29 is 4.79 Å². The smallest absolute Gasteiger partial charge is 0.327 e. The van der Waals surface area contributed by atoms with Crippen molar-refractivity contribution in [3.8, 4) is 0 Å². The van der Waals surface area contributed by atoms with E-state index in [4.69, 9.17) is 0 Å². The fourth-order valence-electron chi connectivity index (χ4n) is 3.90. The molecule has 4 N–H and O–H groups in total. The van der Waals surface area contributed by atoms with Crippen LogP contribution in [0.25, 0.3) is 11.0 Å². The minimum absolute atomic E-state index is 0. The summed E-state index contributed by atoms with van der Waals surface area (Å²) in [4.78, 5) is 44.7. The van der Waals surface area contributed by atoms with Crippen LogP contribution in [0.1, 0.15) is 41.7 Å². The molecule has 0 radical (unpaired) electrons. The lowest BCUT2D eigenvalue weighted by Gasteiger charge is -2.29. The fraction of sp³-hybridized carbons (Fsp3) is 0.500. The number of halogens is 2. The normalized spacial score (nSPS) is 23.8. The molecule has 1 amide bonds. The van der Waals surface area contributed by atoms with E-state index in [2.05, 4.69) is 25.6 Å². The van der Waals surface area contributed by atoms with E-state index in [0.29, 0.717) is 23.0 Å². The molecular formula is C16H21Cl2N5O3. The molecule has 2 fully saturated rings. The number of amides is 1. The molecule has 2 aliphatic heterocycles. The summed E-state index contributed by atoms with van der Waals surface area (Å²) in [5, 5.41) is 6.87. The average molecular weight is 402 g/mol. The molecule has 2 aromatic rings. The summed E-state index contributed by atoms with van der Waals surface area (Å²) in [7, 11) is 0. The number of nitrogens with one attached hydrogen (secondary N) is 4. The zero-order valence-corrected chi connectivity index (χ0v) is 15.8. The summed E-state index contributed by atoms with van der Waals surface area (Å²) in [5.74, 6) is -0.271. The van der Waals surface area contributed by atoms with Crippen LogP contribution in [0.2, 0.25) is 0 Å². The molecule has 2 unspecified atom stereocenters. The molecule has 2 atom stereocenters. The number of aromatic amines is 2. The van der Waals surface area contributed by atoms with Gasteiger partial charge in [-0.1, -0.05) is 0 Å². The third-order valence-electron chi connectivity index (χ3n) is 4.94. The number of hydrogen-bond acceptors (Lipinski definition) is 5. The Morgan fingerprint density at radius 2 is 1.81 bits per heavy atom. The number of hydrogen-bond donors (Lipinski definition) is 4. The predicted molar refractivity (Wildman–Crippen MR) is 103 cm³/mol. The minimum Gasteiger partial charge on any atom is -0.348 e. The zero-order chi connectivity index (χ0) is 16.8. The molecule has 142 valence electrons. The van der Waals surface area contributed by atoms with E-state index in [1.165, 1.54) is 0 Å². The van der Waals surface area contributed by atoms with Gasteiger partial charge >= 0.3 is 5.69 Å². The van der Waals surface area contributed by atoms with Gasteiger partial charge in [-0.15, -0.1) is 24.8 Å². The van der Waals surface area contributed by atoms with Crippen molar-refractivity contribution in [3.05, 3.63) is 38.2 Å². The van der Waals surface area contributed by atoms with Crippen LogP contribution < -0.4 is 21.9 Å².